The molecule has 90 valence electrons. The summed E-state index contributed by atoms with van der Waals surface area (Å²) in [6, 6.07) is 10.2. The highest BCUT2D eigenvalue weighted by atomic mass is 16.5. The molecule has 0 amide bonds. The highest BCUT2D eigenvalue weighted by molar-refractivity contribution is 5.26. The van der Waals surface area contributed by atoms with Gasteiger partial charge in [0, 0.05) is 5.92 Å². The molecule has 0 aromatic heterocycles. The predicted octanol–water partition coefficient (Wildman–Crippen LogP) is 2.90. The Balaban J connectivity index is 1.80. The minimum atomic E-state index is 0.191. The van der Waals surface area contributed by atoms with Crippen molar-refractivity contribution in [2.45, 2.75) is 32.0 Å². The largest absolute Gasteiger partial charge is 0.497 e. The van der Waals surface area contributed by atoms with Gasteiger partial charge in [-0.25, -0.2) is 0 Å². The van der Waals surface area contributed by atoms with Gasteiger partial charge < -0.3 is 9.47 Å². The van der Waals surface area contributed by atoms with Crippen LogP contribution in [0.3, 0.4) is 0 Å². The number of hydrogen-bond donors (Lipinski definition) is 0. The van der Waals surface area contributed by atoms with Crippen molar-refractivity contribution >= 4 is 0 Å². The lowest BCUT2D eigenvalue weighted by Crippen LogP contribution is -2.08. The van der Waals surface area contributed by atoms with Gasteiger partial charge in [0.15, 0.2) is 0 Å². The summed E-state index contributed by atoms with van der Waals surface area (Å²) in [4.78, 5) is 0. The monoisotopic (exact) mass is 231 g/mol. The smallest absolute Gasteiger partial charge is 0.118 e. The van der Waals surface area contributed by atoms with E-state index in [1.807, 2.05) is 24.3 Å². The van der Waals surface area contributed by atoms with Crippen molar-refractivity contribution in [3.8, 4) is 11.8 Å². The fraction of sp³-hybridized carbons (Fsp3) is 0.500. The zero-order chi connectivity index (χ0) is 12.1. The van der Waals surface area contributed by atoms with Gasteiger partial charge in [0.25, 0.3) is 0 Å². The first-order chi connectivity index (χ1) is 8.31. The SMILES string of the molecule is COc1ccc(COC2CCC(C#N)C2)cc1. The first kappa shape index (κ1) is 11.9. The number of nitriles is 1. The Morgan fingerprint density at radius 1 is 1.29 bits per heavy atom. The zero-order valence-corrected chi connectivity index (χ0v) is 10.1. The third-order valence-electron chi connectivity index (χ3n) is 3.21. The van der Waals surface area contributed by atoms with Crippen LogP contribution in [0.25, 0.3) is 0 Å². The Labute approximate surface area is 102 Å². The van der Waals surface area contributed by atoms with Crippen LogP contribution in [-0.2, 0) is 11.3 Å². The molecule has 0 saturated heterocycles. The first-order valence-electron chi connectivity index (χ1n) is 5.96. The normalized spacial score (nSPS) is 23.3. The Hall–Kier alpha value is -1.53. The lowest BCUT2D eigenvalue weighted by molar-refractivity contribution is 0.0442. The number of hydrogen-bond acceptors (Lipinski definition) is 3. The summed E-state index contributed by atoms with van der Waals surface area (Å²) in [5.41, 5.74) is 1.14. The van der Waals surface area contributed by atoms with Crippen LogP contribution in [0.4, 0.5) is 0 Å². The molecule has 0 spiro atoms. The Morgan fingerprint density at radius 3 is 2.65 bits per heavy atom. The second-order valence-electron chi connectivity index (χ2n) is 4.42. The maximum absolute atomic E-state index is 8.81. The fourth-order valence-corrected chi connectivity index (χ4v) is 2.14. The Morgan fingerprint density at radius 2 is 2.06 bits per heavy atom. The molecular weight excluding hydrogens is 214 g/mol. The molecule has 3 nitrogen and oxygen atoms in total. The van der Waals surface area contributed by atoms with Crippen molar-refractivity contribution in [1.29, 1.82) is 5.26 Å². The topological polar surface area (TPSA) is 42.2 Å². The van der Waals surface area contributed by atoms with E-state index in [0.717, 1.165) is 30.6 Å². The van der Waals surface area contributed by atoms with Crippen LogP contribution in [0.2, 0.25) is 0 Å². The molecule has 1 saturated carbocycles. The van der Waals surface area contributed by atoms with Crippen LogP contribution in [0, 0.1) is 17.2 Å². The minimum absolute atomic E-state index is 0.191. The molecular formula is C14H17NO2. The van der Waals surface area contributed by atoms with Gasteiger partial charge in [0.2, 0.25) is 0 Å². The van der Waals surface area contributed by atoms with Gasteiger partial charge in [0.05, 0.1) is 25.9 Å². The molecule has 1 fully saturated rings. The van der Waals surface area contributed by atoms with Crippen LogP contribution in [0.5, 0.6) is 5.75 Å². The number of rotatable bonds is 4. The standard InChI is InChI=1S/C14H17NO2/c1-16-13-5-2-11(3-6-13)10-17-14-7-4-12(8-14)9-15/h2-3,5-6,12,14H,4,7-8,10H2,1H3. The highest BCUT2D eigenvalue weighted by Gasteiger charge is 2.24. The number of benzene rings is 1. The molecule has 2 rings (SSSR count). The third kappa shape index (κ3) is 3.21. The van der Waals surface area contributed by atoms with Gasteiger partial charge in [-0.1, -0.05) is 12.1 Å². The van der Waals surface area contributed by atoms with Crippen LogP contribution in [0.15, 0.2) is 24.3 Å². The van der Waals surface area contributed by atoms with E-state index in [4.69, 9.17) is 14.7 Å². The summed E-state index contributed by atoms with van der Waals surface area (Å²) in [7, 11) is 1.66. The average molecular weight is 231 g/mol. The van der Waals surface area contributed by atoms with Crippen LogP contribution in [0.1, 0.15) is 24.8 Å². The molecule has 2 unspecified atom stereocenters. The molecule has 1 aliphatic rings. The molecule has 2 atom stereocenters. The molecule has 1 aromatic rings. The van der Waals surface area contributed by atoms with Crippen molar-refractivity contribution in [1.82, 2.24) is 0 Å². The molecule has 0 radical (unpaired) electrons. The molecule has 0 heterocycles. The van der Waals surface area contributed by atoms with E-state index in [1.54, 1.807) is 7.11 Å². The summed E-state index contributed by atoms with van der Waals surface area (Å²) >= 11 is 0. The van der Waals surface area contributed by atoms with Gasteiger partial charge in [-0.15, -0.1) is 0 Å². The van der Waals surface area contributed by atoms with Crippen molar-refractivity contribution in [3.05, 3.63) is 29.8 Å². The Kier molecular flexibility index (Phi) is 4.00. The van der Waals surface area contributed by atoms with E-state index >= 15 is 0 Å². The van der Waals surface area contributed by atoms with Crippen molar-refractivity contribution in [2.24, 2.45) is 5.92 Å². The minimum Gasteiger partial charge on any atom is -0.497 e. The summed E-state index contributed by atoms with van der Waals surface area (Å²) in [5, 5.41) is 8.81. The first-order valence-corrected chi connectivity index (χ1v) is 5.96. The van der Waals surface area contributed by atoms with Crippen LogP contribution < -0.4 is 4.74 Å². The molecule has 0 bridgehead atoms. The van der Waals surface area contributed by atoms with Crippen molar-refractivity contribution in [2.75, 3.05) is 7.11 Å². The van der Waals surface area contributed by atoms with Gasteiger partial charge in [0.1, 0.15) is 5.75 Å². The second-order valence-corrected chi connectivity index (χ2v) is 4.42. The molecule has 17 heavy (non-hydrogen) atoms. The van der Waals surface area contributed by atoms with E-state index in [2.05, 4.69) is 6.07 Å². The fourth-order valence-electron chi connectivity index (χ4n) is 2.14. The maximum atomic E-state index is 8.81. The summed E-state index contributed by atoms with van der Waals surface area (Å²) in [6.45, 7) is 0.618. The van der Waals surface area contributed by atoms with Gasteiger partial charge in [-0.3, -0.25) is 0 Å². The zero-order valence-electron chi connectivity index (χ0n) is 10.1. The van der Waals surface area contributed by atoms with Crippen LogP contribution >= 0.6 is 0 Å². The van der Waals surface area contributed by atoms with Crippen molar-refractivity contribution < 1.29 is 9.47 Å². The summed E-state index contributed by atoms with van der Waals surface area (Å²) in [5.74, 6) is 1.05. The van der Waals surface area contributed by atoms with Crippen LogP contribution in [-0.4, -0.2) is 13.2 Å². The summed E-state index contributed by atoms with van der Waals surface area (Å²) < 4.78 is 10.9. The summed E-state index contributed by atoms with van der Waals surface area (Å²) in [6.07, 6.45) is 3.12. The molecule has 0 aliphatic heterocycles. The average Bonchev–Trinajstić information content (AvgIpc) is 2.85. The van der Waals surface area contributed by atoms with E-state index < -0.39 is 0 Å². The lowest BCUT2D eigenvalue weighted by atomic mass is 10.1. The van der Waals surface area contributed by atoms with Crippen molar-refractivity contribution in [3.63, 3.8) is 0 Å². The van der Waals surface area contributed by atoms with Gasteiger partial charge >= 0.3 is 0 Å². The van der Waals surface area contributed by atoms with E-state index in [9.17, 15) is 0 Å². The highest BCUT2D eigenvalue weighted by Crippen LogP contribution is 2.27. The third-order valence-corrected chi connectivity index (χ3v) is 3.21. The predicted molar refractivity (Wildman–Crippen MR) is 64.5 cm³/mol. The number of ether oxygens (including phenoxy) is 2. The molecule has 0 N–H and O–H groups in total. The van der Waals surface area contributed by atoms with E-state index in [0.29, 0.717) is 6.61 Å². The van der Waals surface area contributed by atoms with Gasteiger partial charge in [-0.05, 0) is 37.0 Å². The molecule has 1 aliphatic carbocycles. The molecule has 1 aromatic carbocycles. The quantitative estimate of drug-likeness (QED) is 0.800. The van der Waals surface area contributed by atoms with Gasteiger partial charge in [-0.2, -0.15) is 5.26 Å². The number of nitrogens with zero attached hydrogens (tertiary/aromatic N) is 1. The maximum Gasteiger partial charge on any atom is 0.118 e. The lowest BCUT2D eigenvalue weighted by Gasteiger charge is -2.11. The Bertz CT molecular complexity index is 394. The van der Waals surface area contributed by atoms with E-state index in [-0.39, 0.29) is 12.0 Å². The van der Waals surface area contributed by atoms with E-state index in [1.165, 1.54) is 0 Å². The second kappa shape index (κ2) is 5.70. The number of methoxy groups -OCH3 is 1. The molecule has 3 heteroatoms.